The summed E-state index contributed by atoms with van der Waals surface area (Å²) >= 11 is 2.84. The Hall–Kier alpha value is -1.90. The molecule has 0 aliphatic rings. The van der Waals surface area contributed by atoms with Gasteiger partial charge in [-0.2, -0.15) is 0 Å². The van der Waals surface area contributed by atoms with Crippen molar-refractivity contribution in [1.82, 2.24) is 0 Å². The van der Waals surface area contributed by atoms with Crippen molar-refractivity contribution in [1.29, 1.82) is 0 Å². The quantitative estimate of drug-likeness (QED) is 0.183. The van der Waals surface area contributed by atoms with Crippen molar-refractivity contribution >= 4 is 62.4 Å². The molecule has 138 valence electrons. The van der Waals surface area contributed by atoms with Crippen molar-refractivity contribution in [3.63, 3.8) is 0 Å². The smallest absolute Gasteiger partial charge is 0.173 e. The summed E-state index contributed by atoms with van der Waals surface area (Å²) in [6, 6.07) is 10.2. The fraction of sp³-hybridized carbons (Fsp3) is 0.0667. The van der Waals surface area contributed by atoms with E-state index in [1.807, 2.05) is 22.6 Å². The van der Waals surface area contributed by atoms with Gasteiger partial charge < -0.3 is 26.6 Å². The van der Waals surface area contributed by atoms with Gasteiger partial charge in [-0.3, -0.25) is 15.2 Å². The number of Topliss-reactive ketones (excluding diaryl/α,β-unsaturated/α-hetero) is 1. The van der Waals surface area contributed by atoms with Crippen LogP contribution in [-0.4, -0.2) is 27.1 Å². The molecule has 0 unspecified atom stereocenters. The van der Waals surface area contributed by atoms with Crippen LogP contribution < -0.4 is 16.2 Å². The topological polar surface area (TPSA) is 149 Å². The average Bonchev–Trinajstić information content (AvgIpc) is 2.60. The van der Waals surface area contributed by atoms with Gasteiger partial charge in [-0.1, -0.05) is 23.9 Å². The predicted molar refractivity (Wildman–Crippen MR) is 109 cm³/mol. The number of carbonyl (C=O) groups excluding carboxylic acids is 1. The number of benzene rings is 2. The zero-order valence-electron chi connectivity index (χ0n) is 13.1. The Morgan fingerprint density at radius 1 is 1.19 bits per heavy atom. The zero-order valence-corrected chi connectivity index (χ0v) is 16.0. The van der Waals surface area contributed by atoms with Gasteiger partial charge in [0.1, 0.15) is 0 Å². The number of nitrogens with zero attached hydrogens (tertiary/aromatic N) is 3. The van der Waals surface area contributed by atoms with Crippen LogP contribution in [0.5, 0.6) is 0 Å². The molecule has 0 fully saturated rings. The van der Waals surface area contributed by atoms with Gasteiger partial charge in [-0.05, 0) is 52.9 Å². The van der Waals surface area contributed by atoms with Gasteiger partial charge in [-0.25, -0.2) is 4.99 Å². The second kappa shape index (κ2) is 9.16. The molecular weight excluding hydrogens is 475 g/mol. The predicted octanol–water partition coefficient (Wildman–Crippen LogP) is 3.24. The van der Waals surface area contributed by atoms with Crippen molar-refractivity contribution in [3.8, 4) is 0 Å². The first kappa shape index (κ1) is 20.4. The number of hydrogen-bond donors (Lipinski definition) is 3. The monoisotopic (exact) mass is 488 g/mol. The van der Waals surface area contributed by atoms with E-state index in [0.717, 1.165) is 11.8 Å². The van der Waals surface area contributed by atoms with Crippen LogP contribution in [0.15, 0.2) is 47.5 Å². The van der Waals surface area contributed by atoms with Gasteiger partial charge in [-0.15, -0.1) is 0 Å². The lowest BCUT2D eigenvalue weighted by molar-refractivity contribution is 0.102. The lowest BCUT2D eigenvalue weighted by Crippen LogP contribution is -2.13. The second-order valence-electron chi connectivity index (χ2n) is 4.89. The number of anilines is 2. The van der Waals surface area contributed by atoms with Gasteiger partial charge in [0.2, 0.25) is 0 Å². The van der Waals surface area contributed by atoms with Gasteiger partial charge in [0.25, 0.3) is 0 Å². The highest BCUT2D eigenvalue weighted by atomic mass is 127. The summed E-state index contributed by atoms with van der Waals surface area (Å²) < 4.78 is 0.501. The summed E-state index contributed by atoms with van der Waals surface area (Å²) in [5.74, 6) is -0.338. The van der Waals surface area contributed by atoms with Crippen molar-refractivity contribution in [2.24, 2.45) is 10.7 Å². The molecule has 11 heteroatoms. The lowest BCUT2D eigenvalue weighted by Gasteiger charge is -2.23. The molecule has 2 rings (SSSR count). The highest BCUT2D eigenvalue weighted by Gasteiger charge is 2.11. The molecule has 0 heterocycles. The molecule has 26 heavy (non-hydrogen) atoms. The largest absolute Gasteiger partial charge is 0.733 e. The van der Waals surface area contributed by atoms with Crippen LogP contribution in [-0.2, 0) is 0 Å². The number of thioether (sulfide) groups is 1. The number of carbonyl (C=O) groups is 1. The van der Waals surface area contributed by atoms with Crippen molar-refractivity contribution in [2.75, 3.05) is 16.2 Å². The maximum absolute atomic E-state index is 12.2. The maximum Gasteiger partial charge on any atom is 0.173 e. The zero-order chi connectivity index (χ0) is 19.3. The molecule has 9 nitrogen and oxygen atoms in total. The van der Waals surface area contributed by atoms with E-state index in [0.29, 0.717) is 9.26 Å². The minimum Gasteiger partial charge on any atom is -0.733 e. The lowest BCUT2D eigenvalue weighted by atomic mass is 10.1. The van der Waals surface area contributed by atoms with Gasteiger partial charge >= 0.3 is 0 Å². The number of nitrogens with two attached hydrogens (primary N) is 1. The summed E-state index contributed by atoms with van der Waals surface area (Å²) in [7, 11) is 0. The van der Waals surface area contributed by atoms with E-state index in [9.17, 15) is 15.2 Å². The van der Waals surface area contributed by atoms with Crippen LogP contribution in [0.1, 0.15) is 10.4 Å². The number of ketones is 1. The molecule has 0 atom stereocenters. The molecule has 0 saturated heterocycles. The summed E-state index contributed by atoms with van der Waals surface area (Å²) in [6.45, 7) is 0. The molecule has 0 amide bonds. The Labute approximate surface area is 166 Å². The van der Waals surface area contributed by atoms with Crippen LogP contribution in [0.3, 0.4) is 0 Å². The van der Waals surface area contributed by atoms with E-state index >= 15 is 0 Å². The molecule has 0 aliphatic heterocycles. The number of rotatable bonds is 6. The number of halogens is 1. The molecule has 2 aromatic rings. The minimum atomic E-state index is -0.303. The molecule has 0 spiro atoms. The van der Waals surface area contributed by atoms with E-state index in [1.165, 1.54) is 24.3 Å². The molecular formula is C15H13IN4O5S-2. The van der Waals surface area contributed by atoms with E-state index in [1.54, 1.807) is 18.2 Å². The van der Waals surface area contributed by atoms with E-state index in [4.69, 9.17) is 16.1 Å². The first-order valence-electron chi connectivity index (χ1n) is 7.00. The molecule has 0 radical (unpaired) electrons. The maximum atomic E-state index is 12.2. The fourth-order valence-electron chi connectivity index (χ4n) is 1.90. The Morgan fingerprint density at radius 3 is 2.58 bits per heavy atom. The first-order valence-corrected chi connectivity index (χ1v) is 9.06. The van der Waals surface area contributed by atoms with E-state index in [2.05, 4.69) is 4.99 Å². The van der Waals surface area contributed by atoms with Crippen LogP contribution in [0, 0.1) is 14.0 Å². The summed E-state index contributed by atoms with van der Waals surface area (Å²) in [5, 5.41) is 39.3. The van der Waals surface area contributed by atoms with Crippen LogP contribution in [0.4, 0.5) is 17.1 Å². The first-order chi connectivity index (χ1) is 12.3. The minimum absolute atomic E-state index is 0.00212. The standard InChI is InChI=1S/C15H13IN4O5S/c16-12-5-4-9(6-13(12)20(24)25)14(21)8-26-15(17)18-10-2-1-3-11(7-10)19(22)23/h1-7,22,24H,8H2,(H2,17,18)/q-2. The molecule has 0 aliphatic carbocycles. The van der Waals surface area contributed by atoms with Crippen LogP contribution in [0.25, 0.3) is 0 Å². The van der Waals surface area contributed by atoms with Gasteiger partial charge in [0, 0.05) is 9.13 Å². The van der Waals surface area contributed by atoms with Gasteiger partial charge in [0.15, 0.2) is 11.0 Å². The summed E-state index contributed by atoms with van der Waals surface area (Å²) in [6.07, 6.45) is 0. The highest BCUT2D eigenvalue weighted by molar-refractivity contribution is 14.1. The third kappa shape index (κ3) is 5.55. The summed E-state index contributed by atoms with van der Waals surface area (Å²) in [5.41, 5.74) is 6.33. The van der Waals surface area contributed by atoms with Crippen molar-refractivity contribution in [3.05, 3.63) is 62.0 Å². The Morgan fingerprint density at radius 2 is 1.92 bits per heavy atom. The van der Waals surface area contributed by atoms with E-state index in [-0.39, 0.29) is 44.1 Å². The molecule has 4 N–H and O–H groups in total. The normalized spacial score (nSPS) is 11.3. The number of amidine groups is 1. The average molecular weight is 488 g/mol. The highest BCUT2D eigenvalue weighted by Crippen LogP contribution is 2.24. The summed E-state index contributed by atoms with van der Waals surface area (Å²) in [4.78, 5) is 16.3. The Kier molecular flexibility index (Phi) is 7.19. The molecule has 0 bridgehead atoms. The Balaban J connectivity index is 2.05. The van der Waals surface area contributed by atoms with Gasteiger partial charge in [0.05, 0.1) is 22.8 Å². The SMILES string of the molecule is NC(=Nc1cccc(N([O-])O)c1)SCC(=O)c1ccc(I)c(N([O-])O)c1. The molecule has 0 saturated carbocycles. The van der Waals surface area contributed by atoms with Crippen LogP contribution >= 0.6 is 34.4 Å². The Bertz CT molecular complexity index is 831. The third-order valence-corrected chi connectivity index (χ3v) is 4.82. The number of aliphatic imine (C=N–C) groups is 1. The van der Waals surface area contributed by atoms with Crippen molar-refractivity contribution < 1.29 is 15.2 Å². The van der Waals surface area contributed by atoms with Crippen LogP contribution in [0.2, 0.25) is 0 Å². The fourth-order valence-corrected chi connectivity index (χ4v) is 3.05. The van der Waals surface area contributed by atoms with E-state index < -0.39 is 0 Å². The second-order valence-corrected chi connectivity index (χ2v) is 7.05. The molecule has 0 aromatic heterocycles. The third-order valence-electron chi connectivity index (χ3n) is 3.12. The number of hydrogen-bond acceptors (Lipinski definition) is 9. The van der Waals surface area contributed by atoms with Crippen molar-refractivity contribution in [2.45, 2.75) is 0 Å². The molecule has 2 aromatic carbocycles.